The van der Waals surface area contributed by atoms with Crippen molar-refractivity contribution in [1.82, 2.24) is 14.8 Å². The molecule has 9 nitrogen and oxygen atoms in total. The van der Waals surface area contributed by atoms with Gasteiger partial charge in [-0.15, -0.1) is 0 Å². The Bertz CT molecular complexity index is 1160. The third-order valence-electron chi connectivity index (χ3n) is 7.63. The van der Waals surface area contributed by atoms with E-state index in [1.807, 2.05) is 30.0 Å². The molecule has 0 bridgehead atoms. The van der Waals surface area contributed by atoms with Crippen LogP contribution in [0.3, 0.4) is 0 Å². The summed E-state index contributed by atoms with van der Waals surface area (Å²) in [5.74, 6) is -0.522. The topological polar surface area (TPSA) is 95.1 Å². The first-order valence-corrected chi connectivity index (χ1v) is 14.1. The summed E-state index contributed by atoms with van der Waals surface area (Å²) in [7, 11) is 0. The van der Waals surface area contributed by atoms with Crippen LogP contribution in [0, 0.1) is 12.8 Å². The highest BCUT2D eigenvalue weighted by Gasteiger charge is 2.33. The van der Waals surface area contributed by atoms with Crippen LogP contribution < -0.4 is 10.2 Å². The van der Waals surface area contributed by atoms with E-state index in [0.29, 0.717) is 31.1 Å². The zero-order chi connectivity index (χ0) is 25.9. The van der Waals surface area contributed by atoms with Crippen molar-refractivity contribution in [2.24, 2.45) is 5.92 Å². The summed E-state index contributed by atoms with van der Waals surface area (Å²) in [5, 5.41) is 3.93. The van der Waals surface area contributed by atoms with Gasteiger partial charge in [0.1, 0.15) is 4.88 Å². The van der Waals surface area contributed by atoms with Crippen LogP contribution in [-0.4, -0.2) is 78.1 Å². The van der Waals surface area contributed by atoms with Gasteiger partial charge in [-0.05, 0) is 57.6 Å². The van der Waals surface area contributed by atoms with Crippen LogP contribution in [0.25, 0.3) is 0 Å². The number of thiazole rings is 1. The van der Waals surface area contributed by atoms with Gasteiger partial charge >= 0.3 is 12.0 Å². The lowest BCUT2D eigenvalue weighted by atomic mass is 9.98. The molecule has 0 aliphatic carbocycles. The number of aromatic nitrogens is 1. The zero-order valence-corrected chi connectivity index (χ0v) is 22.4. The Balaban J connectivity index is 1.20. The van der Waals surface area contributed by atoms with Crippen LogP contribution in [-0.2, 0) is 16.0 Å². The minimum absolute atomic E-state index is 0.0240. The summed E-state index contributed by atoms with van der Waals surface area (Å²) in [6.07, 6.45) is 4.12. The summed E-state index contributed by atoms with van der Waals surface area (Å²) in [6, 6.07) is 8.16. The van der Waals surface area contributed by atoms with Gasteiger partial charge in [0.05, 0.1) is 18.2 Å². The van der Waals surface area contributed by atoms with Crippen molar-refractivity contribution in [2.75, 3.05) is 49.5 Å². The highest BCUT2D eigenvalue weighted by Crippen LogP contribution is 2.32. The highest BCUT2D eigenvalue weighted by atomic mass is 32.1. The number of nitrogens with zero attached hydrogens (tertiary/aromatic N) is 4. The van der Waals surface area contributed by atoms with E-state index >= 15 is 0 Å². The van der Waals surface area contributed by atoms with Crippen molar-refractivity contribution < 1.29 is 19.1 Å². The molecular weight excluding hydrogens is 490 g/mol. The quantitative estimate of drug-likeness (QED) is 0.595. The molecule has 0 radical (unpaired) electrons. The predicted molar refractivity (Wildman–Crippen MR) is 143 cm³/mol. The number of hydrogen-bond acceptors (Lipinski definition) is 7. The number of aryl methyl sites for hydroxylation is 1. The Hall–Kier alpha value is -3.14. The van der Waals surface area contributed by atoms with E-state index in [4.69, 9.17) is 9.72 Å². The van der Waals surface area contributed by atoms with Gasteiger partial charge in [0.25, 0.3) is 5.91 Å². The lowest BCUT2D eigenvalue weighted by Gasteiger charge is -2.37. The molecule has 3 aliphatic heterocycles. The molecule has 2 saturated heterocycles. The van der Waals surface area contributed by atoms with Crippen LogP contribution in [0.1, 0.15) is 53.5 Å². The Labute approximate surface area is 221 Å². The first-order valence-electron chi connectivity index (χ1n) is 13.3. The van der Waals surface area contributed by atoms with Crippen LogP contribution in [0.4, 0.5) is 15.6 Å². The Morgan fingerprint density at radius 3 is 2.70 bits per heavy atom. The van der Waals surface area contributed by atoms with Crippen LogP contribution >= 0.6 is 11.3 Å². The number of amides is 3. The van der Waals surface area contributed by atoms with Gasteiger partial charge in [-0.25, -0.2) is 9.78 Å². The molecule has 5 rings (SSSR count). The fourth-order valence-electron chi connectivity index (χ4n) is 5.58. The molecule has 198 valence electrons. The molecule has 0 spiro atoms. The van der Waals surface area contributed by atoms with E-state index < -0.39 is 0 Å². The third kappa shape index (κ3) is 5.44. The van der Waals surface area contributed by atoms with Gasteiger partial charge in [0, 0.05) is 44.5 Å². The molecule has 2 fully saturated rings. The van der Waals surface area contributed by atoms with Gasteiger partial charge < -0.3 is 24.8 Å². The zero-order valence-electron chi connectivity index (χ0n) is 21.6. The molecule has 10 heteroatoms. The van der Waals surface area contributed by atoms with Crippen molar-refractivity contribution in [3.63, 3.8) is 0 Å². The molecule has 1 N–H and O–H groups in total. The first-order chi connectivity index (χ1) is 17.9. The van der Waals surface area contributed by atoms with E-state index in [1.165, 1.54) is 16.9 Å². The first kappa shape index (κ1) is 25.5. The third-order valence-corrected chi connectivity index (χ3v) is 8.83. The number of rotatable bonds is 5. The largest absolute Gasteiger partial charge is 0.466 e. The second kappa shape index (κ2) is 11.1. The number of esters is 1. The minimum atomic E-state index is -0.256. The number of piperidine rings is 2. The van der Waals surface area contributed by atoms with E-state index in [1.54, 1.807) is 11.8 Å². The van der Waals surface area contributed by atoms with E-state index in [2.05, 4.69) is 16.3 Å². The average molecular weight is 526 g/mol. The number of nitrogens with one attached hydrogen (secondary N) is 1. The minimum Gasteiger partial charge on any atom is -0.466 e. The molecule has 37 heavy (non-hydrogen) atoms. The lowest BCUT2D eigenvalue weighted by Crippen LogP contribution is -2.48. The maximum Gasteiger partial charge on any atom is 0.322 e. The maximum absolute atomic E-state index is 13.3. The number of carbonyl (C=O) groups excluding carboxylic acids is 3. The fourth-order valence-corrected chi connectivity index (χ4v) is 6.67. The summed E-state index contributed by atoms with van der Waals surface area (Å²) in [5.41, 5.74) is 2.81. The average Bonchev–Trinajstić information content (AvgIpc) is 3.22. The summed E-state index contributed by atoms with van der Waals surface area (Å²) in [4.78, 5) is 49.8. The van der Waals surface area contributed by atoms with Crippen molar-refractivity contribution in [3.8, 4) is 0 Å². The molecule has 4 heterocycles. The number of urea groups is 1. The van der Waals surface area contributed by atoms with Gasteiger partial charge in [-0.3, -0.25) is 9.59 Å². The molecule has 0 saturated carbocycles. The number of para-hydroxylation sites is 1. The molecule has 2 aromatic rings. The van der Waals surface area contributed by atoms with Crippen LogP contribution in [0.15, 0.2) is 24.3 Å². The number of anilines is 2. The number of hydrogen-bond donors (Lipinski definition) is 1. The van der Waals surface area contributed by atoms with Gasteiger partial charge in [0.2, 0.25) is 0 Å². The highest BCUT2D eigenvalue weighted by molar-refractivity contribution is 7.17. The molecule has 3 aliphatic rings. The second-order valence-corrected chi connectivity index (χ2v) is 11.0. The molecule has 1 atom stereocenters. The van der Waals surface area contributed by atoms with Crippen molar-refractivity contribution in [3.05, 3.63) is 40.4 Å². The molecular formula is C27H35N5O4S. The van der Waals surface area contributed by atoms with Gasteiger partial charge in [-0.1, -0.05) is 29.5 Å². The number of ether oxygens (including phenoxy) is 1. The Morgan fingerprint density at radius 2 is 1.92 bits per heavy atom. The lowest BCUT2D eigenvalue weighted by molar-refractivity contribution is -0.149. The van der Waals surface area contributed by atoms with Gasteiger partial charge in [0.15, 0.2) is 5.13 Å². The number of likely N-dealkylation sites (tertiary alicyclic amines) is 1. The standard InChI is InChI=1S/C27H35N5O4S/c1-3-36-25(34)20-8-6-13-31(17-20)24(33)23-18(2)28-27(37-23)30-14-11-21(12-15-30)32-16-10-19-7-4-5-9-22(19)29-26(32)35/h4-5,7,9,20-21H,3,6,8,10-17H2,1-2H3,(H,29,35). The fraction of sp³-hybridized carbons (Fsp3) is 0.556. The molecule has 1 aromatic carbocycles. The molecule has 3 amide bonds. The maximum atomic E-state index is 13.3. The SMILES string of the molecule is CCOC(=O)C1CCCN(C(=O)c2sc(N3CCC(N4CCc5ccccc5NC4=O)CC3)nc2C)C1. The van der Waals surface area contributed by atoms with Crippen molar-refractivity contribution in [1.29, 1.82) is 0 Å². The normalized spacial score (nSPS) is 20.8. The summed E-state index contributed by atoms with van der Waals surface area (Å²) in [6.45, 7) is 7.38. The van der Waals surface area contributed by atoms with Crippen molar-refractivity contribution >= 4 is 40.1 Å². The van der Waals surface area contributed by atoms with E-state index in [-0.39, 0.29) is 29.9 Å². The molecule has 1 unspecified atom stereocenters. The molecule has 1 aromatic heterocycles. The number of carbonyl (C=O) groups is 3. The van der Waals surface area contributed by atoms with Crippen molar-refractivity contribution in [2.45, 2.75) is 52.0 Å². The van der Waals surface area contributed by atoms with E-state index in [0.717, 1.165) is 61.7 Å². The second-order valence-electron chi connectivity index (χ2n) is 10.0. The summed E-state index contributed by atoms with van der Waals surface area (Å²) >= 11 is 1.43. The van der Waals surface area contributed by atoms with Gasteiger partial charge in [-0.2, -0.15) is 0 Å². The Morgan fingerprint density at radius 1 is 1.14 bits per heavy atom. The smallest absolute Gasteiger partial charge is 0.322 e. The Kier molecular flexibility index (Phi) is 7.64. The number of benzene rings is 1. The monoisotopic (exact) mass is 525 g/mol. The predicted octanol–water partition coefficient (Wildman–Crippen LogP) is 3.93. The van der Waals surface area contributed by atoms with Crippen LogP contribution in [0.5, 0.6) is 0 Å². The summed E-state index contributed by atoms with van der Waals surface area (Å²) < 4.78 is 5.18. The number of fused-ring (bicyclic) bond motifs is 1. The van der Waals surface area contributed by atoms with Crippen LogP contribution in [0.2, 0.25) is 0 Å². The van der Waals surface area contributed by atoms with E-state index in [9.17, 15) is 14.4 Å².